The summed E-state index contributed by atoms with van der Waals surface area (Å²) >= 11 is 1.18. The van der Waals surface area contributed by atoms with Crippen LogP contribution in [0.4, 0.5) is 10.7 Å². The Morgan fingerprint density at radius 2 is 2.05 bits per heavy atom. The summed E-state index contributed by atoms with van der Waals surface area (Å²) in [4.78, 5) is 24.1. The number of hydrogen-bond donors (Lipinski definition) is 3. The van der Waals surface area contributed by atoms with Crippen LogP contribution in [-0.4, -0.2) is 32.1 Å². The number of nitrogens with two attached hydrogens (primary N) is 1. The average molecular weight is 299 g/mol. The first-order chi connectivity index (χ1) is 9.56. The van der Waals surface area contributed by atoms with Crippen molar-refractivity contribution in [3.8, 4) is 0 Å². The van der Waals surface area contributed by atoms with Gasteiger partial charge in [0.05, 0.1) is 12.8 Å². The Morgan fingerprint density at radius 3 is 2.60 bits per heavy atom. The van der Waals surface area contributed by atoms with Gasteiger partial charge in [0.2, 0.25) is 0 Å². The Hall–Kier alpha value is -1.76. The van der Waals surface area contributed by atoms with Crippen molar-refractivity contribution in [2.45, 2.75) is 26.7 Å². The van der Waals surface area contributed by atoms with Crippen molar-refractivity contribution in [1.82, 2.24) is 5.32 Å². The molecule has 0 aromatic carbocycles. The molecule has 1 heterocycles. The van der Waals surface area contributed by atoms with Crippen LogP contribution < -0.4 is 16.4 Å². The fraction of sp³-hybridized carbons (Fsp3) is 0.538. The second-order valence-electron chi connectivity index (χ2n) is 4.18. The Bertz CT molecular complexity index is 485. The first-order valence-corrected chi connectivity index (χ1v) is 7.41. The Labute approximate surface area is 122 Å². The molecule has 20 heavy (non-hydrogen) atoms. The number of ether oxygens (including phenoxy) is 1. The van der Waals surface area contributed by atoms with Gasteiger partial charge in [-0.1, -0.05) is 13.3 Å². The zero-order chi connectivity index (χ0) is 15.1. The van der Waals surface area contributed by atoms with E-state index >= 15 is 0 Å². The number of anilines is 2. The summed E-state index contributed by atoms with van der Waals surface area (Å²) in [6.45, 7) is 5.12. The van der Waals surface area contributed by atoms with Crippen LogP contribution in [0.2, 0.25) is 0 Å². The van der Waals surface area contributed by atoms with Crippen molar-refractivity contribution >= 4 is 33.9 Å². The fourth-order valence-corrected chi connectivity index (χ4v) is 2.71. The van der Waals surface area contributed by atoms with E-state index in [2.05, 4.69) is 17.6 Å². The van der Waals surface area contributed by atoms with Crippen LogP contribution in [0.15, 0.2) is 0 Å². The number of carbonyl (C=O) groups excluding carboxylic acids is 2. The molecule has 112 valence electrons. The molecule has 0 aliphatic carbocycles. The van der Waals surface area contributed by atoms with E-state index in [1.807, 2.05) is 6.92 Å². The van der Waals surface area contributed by atoms with Crippen molar-refractivity contribution in [3.63, 3.8) is 0 Å². The topological polar surface area (TPSA) is 93.5 Å². The number of carbonyl (C=O) groups is 2. The van der Waals surface area contributed by atoms with Gasteiger partial charge in [-0.25, -0.2) is 4.79 Å². The molecule has 4 N–H and O–H groups in total. The van der Waals surface area contributed by atoms with Crippen molar-refractivity contribution in [1.29, 1.82) is 0 Å². The van der Waals surface area contributed by atoms with Gasteiger partial charge in [-0.3, -0.25) is 4.79 Å². The highest BCUT2D eigenvalue weighted by Gasteiger charge is 2.25. The van der Waals surface area contributed by atoms with Crippen molar-refractivity contribution in [2.75, 3.05) is 31.2 Å². The van der Waals surface area contributed by atoms with Gasteiger partial charge < -0.3 is 21.1 Å². The van der Waals surface area contributed by atoms with Crippen LogP contribution in [0.5, 0.6) is 0 Å². The molecule has 1 amide bonds. The van der Waals surface area contributed by atoms with Crippen LogP contribution >= 0.6 is 11.3 Å². The molecule has 1 aromatic heterocycles. The van der Waals surface area contributed by atoms with E-state index in [9.17, 15) is 9.59 Å². The minimum Gasteiger partial charge on any atom is -0.465 e. The Kier molecular flexibility index (Phi) is 6.30. The van der Waals surface area contributed by atoms with Crippen LogP contribution in [0.25, 0.3) is 0 Å². The number of nitrogen functional groups attached to an aromatic ring is 1. The average Bonchev–Trinajstić information content (AvgIpc) is 2.75. The van der Waals surface area contributed by atoms with Crippen LogP contribution in [0.3, 0.4) is 0 Å². The molecule has 0 bridgehead atoms. The van der Waals surface area contributed by atoms with E-state index in [1.165, 1.54) is 18.4 Å². The highest BCUT2D eigenvalue weighted by Crippen LogP contribution is 2.36. The lowest BCUT2D eigenvalue weighted by molar-refractivity contribution is 0.0603. The molecule has 0 unspecified atom stereocenters. The van der Waals surface area contributed by atoms with E-state index in [1.54, 1.807) is 0 Å². The first kappa shape index (κ1) is 16.3. The third-order valence-electron chi connectivity index (χ3n) is 2.69. The maximum Gasteiger partial charge on any atom is 0.343 e. The van der Waals surface area contributed by atoms with E-state index in [-0.39, 0.29) is 17.2 Å². The molecule has 0 spiro atoms. The SMILES string of the molecule is CCCCNc1sc(C(=O)NCC)c(N)c1C(=O)OC. The van der Waals surface area contributed by atoms with Gasteiger partial charge in [0.1, 0.15) is 15.4 Å². The molecular weight excluding hydrogens is 278 g/mol. The minimum atomic E-state index is -0.534. The maximum atomic E-state index is 11.9. The molecule has 0 atom stereocenters. The van der Waals surface area contributed by atoms with Crippen molar-refractivity contribution in [2.24, 2.45) is 0 Å². The van der Waals surface area contributed by atoms with E-state index in [0.717, 1.165) is 19.4 Å². The smallest absolute Gasteiger partial charge is 0.343 e. The molecule has 6 nitrogen and oxygen atoms in total. The maximum absolute atomic E-state index is 11.9. The zero-order valence-corrected chi connectivity index (χ0v) is 12.9. The van der Waals surface area contributed by atoms with Crippen molar-refractivity contribution in [3.05, 3.63) is 10.4 Å². The van der Waals surface area contributed by atoms with Gasteiger partial charge in [-0.2, -0.15) is 0 Å². The number of amides is 1. The van der Waals surface area contributed by atoms with Gasteiger partial charge in [0.25, 0.3) is 5.91 Å². The zero-order valence-electron chi connectivity index (χ0n) is 12.0. The monoisotopic (exact) mass is 299 g/mol. The number of hydrogen-bond acceptors (Lipinski definition) is 6. The second kappa shape index (κ2) is 7.74. The minimum absolute atomic E-state index is 0.173. The molecule has 7 heteroatoms. The normalized spacial score (nSPS) is 10.2. The summed E-state index contributed by atoms with van der Waals surface area (Å²) < 4.78 is 4.73. The summed E-state index contributed by atoms with van der Waals surface area (Å²) in [6, 6.07) is 0. The number of nitrogens with one attached hydrogen (secondary N) is 2. The van der Waals surface area contributed by atoms with Crippen LogP contribution in [0.1, 0.15) is 46.7 Å². The standard InChI is InChI=1S/C13H21N3O3S/c1-4-6-7-16-12-8(13(18)19-3)9(14)10(20-12)11(17)15-5-2/h16H,4-7,14H2,1-3H3,(H,15,17). The number of unbranched alkanes of at least 4 members (excludes halogenated alkanes) is 1. The highest BCUT2D eigenvalue weighted by atomic mass is 32.1. The van der Waals surface area contributed by atoms with E-state index in [0.29, 0.717) is 16.4 Å². The van der Waals surface area contributed by atoms with Gasteiger partial charge in [0.15, 0.2) is 0 Å². The Morgan fingerprint density at radius 1 is 1.35 bits per heavy atom. The molecule has 1 aromatic rings. The number of esters is 1. The van der Waals surface area contributed by atoms with Crippen LogP contribution in [0, 0.1) is 0 Å². The lowest BCUT2D eigenvalue weighted by Gasteiger charge is -2.05. The second-order valence-corrected chi connectivity index (χ2v) is 5.20. The van der Waals surface area contributed by atoms with Gasteiger partial charge in [-0.15, -0.1) is 11.3 Å². The fourth-order valence-electron chi connectivity index (χ4n) is 1.66. The quantitative estimate of drug-likeness (QED) is 0.529. The summed E-state index contributed by atoms with van der Waals surface area (Å²) in [5.74, 6) is -0.808. The summed E-state index contributed by atoms with van der Waals surface area (Å²) in [7, 11) is 1.29. The lowest BCUT2D eigenvalue weighted by Crippen LogP contribution is -2.22. The molecule has 0 saturated heterocycles. The summed E-state index contributed by atoms with van der Waals surface area (Å²) in [5, 5.41) is 6.41. The Balaban J connectivity index is 3.10. The molecule has 0 fully saturated rings. The third kappa shape index (κ3) is 3.63. The van der Waals surface area contributed by atoms with Crippen LogP contribution in [-0.2, 0) is 4.74 Å². The molecule has 1 rings (SSSR count). The molecular formula is C13H21N3O3S. The predicted molar refractivity (Wildman–Crippen MR) is 81.5 cm³/mol. The number of thiophene rings is 1. The highest BCUT2D eigenvalue weighted by molar-refractivity contribution is 7.19. The van der Waals surface area contributed by atoms with Gasteiger partial charge in [-0.05, 0) is 13.3 Å². The number of rotatable bonds is 7. The van der Waals surface area contributed by atoms with Gasteiger partial charge >= 0.3 is 5.97 Å². The van der Waals surface area contributed by atoms with E-state index < -0.39 is 5.97 Å². The first-order valence-electron chi connectivity index (χ1n) is 6.59. The molecule has 0 aliphatic rings. The predicted octanol–water partition coefficient (Wildman–Crippen LogP) is 2.08. The van der Waals surface area contributed by atoms with Crippen molar-refractivity contribution < 1.29 is 14.3 Å². The van der Waals surface area contributed by atoms with Gasteiger partial charge in [0, 0.05) is 13.1 Å². The molecule has 0 saturated carbocycles. The summed E-state index contributed by atoms with van der Waals surface area (Å²) in [6.07, 6.45) is 2.00. The lowest BCUT2D eigenvalue weighted by atomic mass is 10.2. The number of methoxy groups -OCH3 is 1. The molecule has 0 aliphatic heterocycles. The van der Waals surface area contributed by atoms with E-state index in [4.69, 9.17) is 10.5 Å². The molecule has 0 radical (unpaired) electrons. The summed E-state index contributed by atoms with van der Waals surface area (Å²) in [5.41, 5.74) is 6.34. The largest absolute Gasteiger partial charge is 0.465 e. The third-order valence-corrected chi connectivity index (χ3v) is 3.86.